The first-order chi connectivity index (χ1) is 14.1. The Kier molecular flexibility index (Phi) is 4.55. The number of hydrogen-bond acceptors (Lipinski definition) is 5. The highest BCUT2D eigenvalue weighted by Crippen LogP contribution is 2.47. The van der Waals surface area contributed by atoms with Crippen molar-refractivity contribution in [3.63, 3.8) is 0 Å². The van der Waals surface area contributed by atoms with E-state index in [1.165, 1.54) is 6.20 Å². The van der Waals surface area contributed by atoms with Gasteiger partial charge < -0.3 is 16.2 Å². The summed E-state index contributed by atoms with van der Waals surface area (Å²) in [5.41, 5.74) is 8.54. The molecule has 1 aliphatic rings. The molecule has 7 nitrogen and oxygen atoms in total. The van der Waals surface area contributed by atoms with Crippen LogP contribution in [0.3, 0.4) is 0 Å². The number of amides is 1. The molecule has 3 aromatic rings. The van der Waals surface area contributed by atoms with Gasteiger partial charge in [-0.25, -0.2) is 4.52 Å². The van der Waals surface area contributed by atoms with Gasteiger partial charge in [-0.2, -0.15) is 10.4 Å². The number of nitrogens with two attached hydrogens (primary N) is 1. The summed E-state index contributed by atoms with van der Waals surface area (Å²) in [4.78, 5) is 12.1. The van der Waals surface area contributed by atoms with Gasteiger partial charge in [0, 0.05) is 23.2 Å². The molecule has 1 amide bonds. The third-order valence-electron chi connectivity index (χ3n) is 6.75. The Bertz CT molecular complexity index is 1170. The van der Waals surface area contributed by atoms with Crippen LogP contribution < -0.4 is 11.1 Å². The molecule has 2 heterocycles. The van der Waals surface area contributed by atoms with Gasteiger partial charge in [-0.1, -0.05) is 26.0 Å². The first-order valence-corrected chi connectivity index (χ1v) is 9.95. The van der Waals surface area contributed by atoms with Gasteiger partial charge in [-0.15, -0.1) is 0 Å². The minimum Gasteiger partial charge on any atom is -0.390 e. The fourth-order valence-electron chi connectivity index (χ4n) is 4.20. The molecule has 0 aliphatic heterocycles. The lowest BCUT2D eigenvalue weighted by Crippen LogP contribution is -2.45. The van der Waals surface area contributed by atoms with Crippen LogP contribution in [0.4, 0.5) is 5.69 Å². The Balaban J connectivity index is 1.81. The largest absolute Gasteiger partial charge is 0.390 e. The lowest BCUT2D eigenvalue weighted by atomic mass is 9.76. The van der Waals surface area contributed by atoms with Crippen molar-refractivity contribution in [2.45, 2.75) is 45.3 Å². The maximum absolute atomic E-state index is 12.1. The van der Waals surface area contributed by atoms with Crippen LogP contribution in [0.5, 0.6) is 0 Å². The molecule has 0 radical (unpaired) electrons. The molecule has 1 saturated carbocycles. The quantitative estimate of drug-likeness (QED) is 0.618. The molecule has 0 saturated heterocycles. The van der Waals surface area contributed by atoms with Crippen molar-refractivity contribution >= 4 is 17.1 Å². The number of rotatable bonds is 4. The van der Waals surface area contributed by atoms with E-state index in [0.29, 0.717) is 23.2 Å². The Morgan fingerprint density at radius 1 is 1.30 bits per heavy atom. The van der Waals surface area contributed by atoms with E-state index in [9.17, 15) is 9.90 Å². The molecule has 154 valence electrons. The van der Waals surface area contributed by atoms with E-state index in [0.717, 1.165) is 23.1 Å². The maximum atomic E-state index is 12.1. The van der Waals surface area contributed by atoms with E-state index < -0.39 is 16.9 Å². The van der Waals surface area contributed by atoms with Crippen molar-refractivity contribution < 1.29 is 9.90 Å². The van der Waals surface area contributed by atoms with Gasteiger partial charge in [0.1, 0.15) is 0 Å². The van der Waals surface area contributed by atoms with Crippen LogP contribution >= 0.6 is 0 Å². The topological polar surface area (TPSA) is 116 Å². The Labute approximate surface area is 175 Å². The van der Waals surface area contributed by atoms with Crippen molar-refractivity contribution in [2.75, 3.05) is 5.32 Å². The molecule has 0 spiro atoms. The van der Waals surface area contributed by atoms with Crippen molar-refractivity contribution in [2.24, 2.45) is 11.1 Å². The number of nitrogens with one attached hydrogen (secondary N) is 1. The van der Waals surface area contributed by atoms with Crippen LogP contribution in [0.25, 0.3) is 16.6 Å². The van der Waals surface area contributed by atoms with Gasteiger partial charge in [0.25, 0.3) is 5.91 Å². The fraction of sp³-hybridized carbons (Fsp3) is 0.348. The van der Waals surface area contributed by atoms with E-state index in [1.54, 1.807) is 16.6 Å². The highest BCUT2D eigenvalue weighted by Gasteiger charge is 2.50. The zero-order valence-electron chi connectivity index (χ0n) is 17.3. The third-order valence-corrected chi connectivity index (χ3v) is 6.75. The number of benzene rings is 1. The number of aliphatic hydroxyl groups is 1. The number of aromatic nitrogens is 2. The zero-order chi connectivity index (χ0) is 21.7. The van der Waals surface area contributed by atoms with Crippen LogP contribution in [0.1, 0.15) is 49.5 Å². The molecular formula is C23H25N5O2. The summed E-state index contributed by atoms with van der Waals surface area (Å²) in [6, 6.07) is 11.3. The molecule has 0 bridgehead atoms. The minimum atomic E-state index is -0.809. The zero-order valence-corrected chi connectivity index (χ0v) is 17.3. The number of hydrogen-bond donors (Lipinski definition) is 3. The summed E-state index contributed by atoms with van der Waals surface area (Å²) in [6.45, 7) is 5.91. The second-order valence-corrected chi connectivity index (χ2v) is 8.78. The lowest BCUT2D eigenvalue weighted by molar-refractivity contribution is -0.0283. The summed E-state index contributed by atoms with van der Waals surface area (Å²) in [7, 11) is 0. The second-order valence-electron chi connectivity index (χ2n) is 8.78. The van der Waals surface area contributed by atoms with E-state index in [1.807, 2.05) is 45.2 Å². The summed E-state index contributed by atoms with van der Waals surface area (Å²) >= 11 is 0. The predicted molar refractivity (Wildman–Crippen MR) is 115 cm³/mol. The van der Waals surface area contributed by atoms with Crippen LogP contribution in [-0.4, -0.2) is 32.3 Å². The number of nitriles is 1. The summed E-state index contributed by atoms with van der Waals surface area (Å²) in [5.74, 6) is -0.559. The molecular weight excluding hydrogens is 378 g/mol. The van der Waals surface area contributed by atoms with Gasteiger partial charge in [0.15, 0.2) is 0 Å². The molecule has 30 heavy (non-hydrogen) atoms. The average molecular weight is 403 g/mol. The Hall–Kier alpha value is -3.37. The normalized spacial score (nSPS) is 22.7. The molecule has 1 aliphatic carbocycles. The van der Waals surface area contributed by atoms with Crippen molar-refractivity contribution in [3.8, 4) is 17.2 Å². The van der Waals surface area contributed by atoms with Gasteiger partial charge in [0.05, 0.1) is 40.2 Å². The van der Waals surface area contributed by atoms with Gasteiger partial charge in [-0.05, 0) is 43.5 Å². The number of fused-ring (bicyclic) bond motifs is 1. The number of nitrogens with zero attached hydrogens (tertiary/aromatic N) is 3. The number of anilines is 1. The molecule has 1 aromatic carbocycles. The highest BCUT2D eigenvalue weighted by molar-refractivity contribution is 6.02. The SMILES string of the molecule is CC1(O)CCC(Nc2c(C(N)=O)cnn3cc(-c4ccc(C#N)cc4)cc23)C1(C)C. The third kappa shape index (κ3) is 3.10. The monoisotopic (exact) mass is 403 g/mol. The minimum absolute atomic E-state index is 0.0370. The smallest absolute Gasteiger partial charge is 0.252 e. The number of carbonyl (C=O) groups excluding carboxylic acids is 1. The molecule has 2 atom stereocenters. The number of primary amides is 1. The number of carbonyl (C=O) groups is 1. The molecule has 7 heteroatoms. The van der Waals surface area contributed by atoms with Crippen LogP contribution in [0.15, 0.2) is 42.7 Å². The predicted octanol–water partition coefficient (Wildman–Crippen LogP) is 3.32. The van der Waals surface area contributed by atoms with E-state index in [4.69, 9.17) is 11.0 Å². The fourth-order valence-corrected chi connectivity index (χ4v) is 4.20. The summed E-state index contributed by atoms with van der Waals surface area (Å²) in [5, 5.41) is 27.7. The molecule has 2 aromatic heterocycles. The lowest BCUT2D eigenvalue weighted by Gasteiger charge is -2.38. The van der Waals surface area contributed by atoms with E-state index in [2.05, 4.69) is 16.5 Å². The average Bonchev–Trinajstić information content (AvgIpc) is 3.22. The van der Waals surface area contributed by atoms with Gasteiger partial charge in [0.2, 0.25) is 0 Å². The molecule has 4 rings (SSSR count). The standard InChI is InChI=1S/C23H25N5O2/c1-22(2)19(8-9-23(22,3)30)27-20-17(21(25)29)12-26-28-13-16(10-18(20)28)15-6-4-14(11-24)5-7-15/h4-7,10,12-13,19,27,30H,8-9H2,1-3H3,(H2,25,29). The second kappa shape index (κ2) is 6.85. The van der Waals surface area contributed by atoms with Gasteiger partial charge >= 0.3 is 0 Å². The summed E-state index contributed by atoms with van der Waals surface area (Å²) < 4.78 is 1.71. The van der Waals surface area contributed by atoms with Crippen LogP contribution in [0, 0.1) is 16.7 Å². The molecule has 4 N–H and O–H groups in total. The van der Waals surface area contributed by atoms with Crippen molar-refractivity contribution in [1.82, 2.24) is 9.61 Å². The van der Waals surface area contributed by atoms with Crippen molar-refractivity contribution in [3.05, 3.63) is 53.9 Å². The first-order valence-electron chi connectivity index (χ1n) is 9.95. The first kappa shape index (κ1) is 19.9. The van der Waals surface area contributed by atoms with Crippen LogP contribution in [-0.2, 0) is 0 Å². The van der Waals surface area contributed by atoms with E-state index >= 15 is 0 Å². The Morgan fingerprint density at radius 2 is 2.00 bits per heavy atom. The molecule has 1 fully saturated rings. The van der Waals surface area contributed by atoms with Crippen molar-refractivity contribution in [1.29, 1.82) is 5.26 Å². The van der Waals surface area contributed by atoms with Gasteiger partial charge in [-0.3, -0.25) is 4.79 Å². The van der Waals surface area contributed by atoms with E-state index in [-0.39, 0.29) is 6.04 Å². The van der Waals surface area contributed by atoms with Crippen LogP contribution in [0.2, 0.25) is 0 Å². The molecule has 2 unspecified atom stereocenters. The summed E-state index contributed by atoms with van der Waals surface area (Å²) in [6.07, 6.45) is 4.79. The Morgan fingerprint density at radius 3 is 2.57 bits per heavy atom. The highest BCUT2D eigenvalue weighted by atomic mass is 16.3. The maximum Gasteiger partial charge on any atom is 0.252 e.